The van der Waals surface area contributed by atoms with Crippen molar-refractivity contribution >= 4 is 29.0 Å². The second-order valence-corrected chi connectivity index (χ2v) is 4.84. The lowest BCUT2D eigenvalue weighted by atomic mass is 10.1. The van der Waals surface area contributed by atoms with Crippen LogP contribution < -0.4 is 11.1 Å². The number of ketones is 1. The summed E-state index contributed by atoms with van der Waals surface area (Å²) in [5.41, 5.74) is 7.40. The average Bonchev–Trinajstić information content (AvgIpc) is 2.55. The van der Waals surface area contributed by atoms with Crippen molar-refractivity contribution in [2.45, 2.75) is 6.42 Å². The van der Waals surface area contributed by atoms with Gasteiger partial charge in [-0.05, 0) is 48.5 Å². The van der Waals surface area contributed by atoms with E-state index in [9.17, 15) is 14.4 Å². The van der Waals surface area contributed by atoms with Crippen LogP contribution >= 0.6 is 0 Å². The van der Waals surface area contributed by atoms with Crippen LogP contribution in [0.3, 0.4) is 0 Å². The highest BCUT2D eigenvalue weighted by Gasteiger charge is 2.12. The third kappa shape index (κ3) is 4.41. The van der Waals surface area contributed by atoms with E-state index in [0.29, 0.717) is 22.5 Å². The minimum atomic E-state index is -0.457. The Morgan fingerprint density at radius 1 is 0.957 bits per heavy atom. The van der Waals surface area contributed by atoms with E-state index in [2.05, 4.69) is 10.1 Å². The Hall–Kier alpha value is -3.15. The molecule has 0 bridgehead atoms. The summed E-state index contributed by atoms with van der Waals surface area (Å²) in [6.45, 7) is 0. The van der Waals surface area contributed by atoms with Crippen LogP contribution in [-0.2, 0) is 9.53 Å². The lowest BCUT2D eigenvalue weighted by Gasteiger charge is -2.06. The van der Waals surface area contributed by atoms with Crippen LogP contribution in [0.25, 0.3) is 0 Å². The maximum absolute atomic E-state index is 12.0. The van der Waals surface area contributed by atoms with Crippen LogP contribution in [-0.4, -0.2) is 24.8 Å². The first-order valence-corrected chi connectivity index (χ1v) is 6.86. The van der Waals surface area contributed by atoms with Gasteiger partial charge >= 0.3 is 5.97 Å². The Morgan fingerprint density at radius 3 is 2.09 bits per heavy atom. The first-order valence-electron chi connectivity index (χ1n) is 6.86. The SMILES string of the molecule is COC(=O)c1ccc(NC(=O)CC(=O)c2ccc(N)cc2)cc1. The zero-order valence-corrected chi connectivity index (χ0v) is 12.5. The molecule has 0 atom stereocenters. The molecule has 0 saturated heterocycles. The van der Waals surface area contributed by atoms with Gasteiger partial charge in [0, 0.05) is 16.9 Å². The monoisotopic (exact) mass is 312 g/mol. The normalized spacial score (nSPS) is 9.96. The number of nitrogen functional groups attached to an aromatic ring is 1. The smallest absolute Gasteiger partial charge is 0.337 e. The predicted molar refractivity (Wildman–Crippen MR) is 86.2 cm³/mol. The summed E-state index contributed by atoms with van der Waals surface area (Å²) in [4.78, 5) is 35.2. The highest BCUT2D eigenvalue weighted by atomic mass is 16.5. The average molecular weight is 312 g/mol. The molecule has 1 amide bonds. The number of methoxy groups -OCH3 is 1. The van der Waals surface area contributed by atoms with Crippen molar-refractivity contribution in [1.29, 1.82) is 0 Å². The van der Waals surface area contributed by atoms with Gasteiger partial charge in [-0.2, -0.15) is 0 Å². The van der Waals surface area contributed by atoms with Crippen molar-refractivity contribution in [1.82, 2.24) is 0 Å². The molecule has 0 unspecified atom stereocenters. The number of carbonyl (C=O) groups is 3. The Balaban J connectivity index is 1.95. The Kier molecular flexibility index (Phi) is 5.09. The largest absolute Gasteiger partial charge is 0.465 e. The van der Waals surface area contributed by atoms with Crippen molar-refractivity contribution in [3.8, 4) is 0 Å². The number of anilines is 2. The van der Waals surface area contributed by atoms with Gasteiger partial charge in [-0.25, -0.2) is 4.79 Å². The van der Waals surface area contributed by atoms with E-state index in [4.69, 9.17) is 5.73 Å². The third-order valence-electron chi connectivity index (χ3n) is 3.14. The molecule has 0 spiro atoms. The van der Waals surface area contributed by atoms with Crippen LogP contribution in [0.15, 0.2) is 48.5 Å². The fraction of sp³-hybridized carbons (Fsp3) is 0.118. The van der Waals surface area contributed by atoms with Crippen LogP contribution in [0.1, 0.15) is 27.1 Å². The van der Waals surface area contributed by atoms with Crippen LogP contribution in [0, 0.1) is 0 Å². The number of ether oxygens (including phenoxy) is 1. The predicted octanol–water partition coefficient (Wildman–Crippen LogP) is 2.27. The number of nitrogens with two attached hydrogens (primary N) is 1. The van der Waals surface area contributed by atoms with Gasteiger partial charge in [0.05, 0.1) is 19.1 Å². The summed E-state index contributed by atoms with van der Waals surface area (Å²) < 4.78 is 4.59. The third-order valence-corrected chi connectivity index (χ3v) is 3.14. The first kappa shape index (κ1) is 16.2. The highest BCUT2D eigenvalue weighted by Crippen LogP contribution is 2.12. The molecule has 6 heteroatoms. The zero-order valence-electron chi connectivity index (χ0n) is 12.5. The van der Waals surface area contributed by atoms with Crippen LogP contribution in [0.2, 0.25) is 0 Å². The van der Waals surface area contributed by atoms with Crippen molar-refractivity contribution in [3.63, 3.8) is 0 Å². The minimum Gasteiger partial charge on any atom is -0.465 e. The number of esters is 1. The summed E-state index contributed by atoms with van der Waals surface area (Å²) in [7, 11) is 1.29. The number of benzene rings is 2. The molecular weight excluding hydrogens is 296 g/mol. The number of Topliss-reactive ketones (excluding diaryl/α,β-unsaturated/α-hetero) is 1. The molecule has 0 radical (unpaired) electrons. The Morgan fingerprint density at radius 2 is 1.52 bits per heavy atom. The quantitative estimate of drug-likeness (QED) is 0.382. The molecule has 23 heavy (non-hydrogen) atoms. The molecule has 6 nitrogen and oxygen atoms in total. The van der Waals surface area contributed by atoms with E-state index >= 15 is 0 Å². The summed E-state index contributed by atoms with van der Waals surface area (Å²) in [5.74, 6) is -1.19. The van der Waals surface area contributed by atoms with E-state index < -0.39 is 11.9 Å². The van der Waals surface area contributed by atoms with Gasteiger partial charge in [0.25, 0.3) is 0 Å². The molecule has 3 N–H and O–H groups in total. The number of hydrogen-bond donors (Lipinski definition) is 2. The number of hydrogen-bond acceptors (Lipinski definition) is 5. The van der Waals surface area contributed by atoms with Crippen molar-refractivity contribution < 1.29 is 19.1 Å². The summed E-state index contributed by atoms with van der Waals surface area (Å²) in [5, 5.41) is 2.60. The molecule has 0 aliphatic carbocycles. The summed E-state index contributed by atoms with van der Waals surface area (Å²) >= 11 is 0. The number of carbonyl (C=O) groups excluding carboxylic acids is 3. The highest BCUT2D eigenvalue weighted by molar-refractivity contribution is 6.11. The maximum Gasteiger partial charge on any atom is 0.337 e. The van der Waals surface area contributed by atoms with Gasteiger partial charge in [-0.3, -0.25) is 9.59 Å². The van der Waals surface area contributed by atoms with Crippen molar-refractivity contribution in [3.05, 3.63) is 59.7 Å². The summed E-state index contributed by atoms with van der Waals surface area (Å²) in [6.07, 6.45) is -0.275. The fourth-order valence-electron chi connectivity index (χ4n) is 1.93. The molecule has 2 rings (SSSR count). The van der Waals surface area contributed by atoms with Gasteiger partial charge in [0.2, 0.25) is 5.91 Å². The minimum absolute atomic E-state index is 0.275. The molecule has 0 heterocycles. The van der Waals surface area contributed by atoms with Gasteiger partial charge in [0.15, 0.2) is 5.78 Å². The molecule has 118 valence electrons. The van der Waals surface area contributed by atoms with E-state index in [0.717, 1.165) is 0 Å². The lowest BCUT2D eigenvalue weighted by Crippen LogP contribution is -2.16. The Bertz CT molecular complexity index is 721. The van der Waals surface area contributed by atoms with Crippen LogP contribution in [0.5, 0.6) is 0 Å². The van der Waals surface area contributed by atoms with E-state index in [1.807, 2.05) is 0 Å². The molecule has 2 aromatic carbocycles. The molecular formula is C17H16N2O4. The number of amides is 1. The summed E-state index contributed by atoms with van der Waals surface area (Å²) in [6, 6.07) is 12.6. The molecule has 0 saturated carbocycles. The van der Waals surface area contributed by atoms with E-state index in [1.54, 1.807) is 36.4 Å². The first-order chi connectivity index (χ1) is 11.0. The standard InChI is InChI=1S/C17H16N2O4/c1-23-17(22)12-4-8-14(9-5-12)19-16(21)10-15(20)11-2-6-13(18)7-3-11/h2-9H,10,18H2,1H3,(H,19,21). The molecule has 2 aromatic rings. The molecule has 0 aromatic heterocycles. The Labute approximate surface area is 133 Å². The van der Waals surface area contributed by atoms with Gasteiger partial charge in [-0.15, -0.1) is 0 Å². The van der Waals surface area contributed by atoms with Crippen LogP contribution in [0.4, 0.5) is 11.4 Å². The van der Waals surface area contributed by atoms with E-state index in [-0.39, 0.29) is 12.2 Å². The number of nitrogens with one attached hydrogen (secondary N) is 1. The molecule has 0 aliphatic rings. The molecule has 0 aliphatic heterocycles. The van der Waals surface area contributed by atoms with E-state index in [1.165, 1.54) is 19.2 Å². The second kappa shape index (κ2) is 7.22. The number of rotatable bonds is 5. The van der Waals surface area contributed by atoms with Gasteiger partial charge < -0.3 is 15.8 Å². The molecule has 0 fully saturated rings. The van der Waals surface area contributed by atoms with Gasteiger partial charge in [0.1, 0.15) is 0 Å². The maximum atomic E-state index is 12.0. The second-order valence-electron chi connectivity index (χ2n) is 4.84. The van der Waals surface area contributed by atoms with Gasteiger partial charge in [-0.1, -0.05) is 0 Å². The lowest BCUT2D eigenvalue weighted by molar-refractivity contribution is -0.115. The van der Waals surface area contributed by atoms with Crippen molar-refractivity contribution in [2.24, 2.45) is 0 Å². The van der Waals surface area contributed by atoms with Crippen molar-refractivity contribution in [2.75, 3.05) is 18.2 Å². The topological polar surface area (TPSA) is 98.5 Å². The zero-order chi connectivity index (χ0) is 16.8. The fourth-order valence-corrected chi connectivity index (χ4v) is 1.93.